The highest BCUT2D eigenvalue weighted by Crippen LogP contribution is 2.27. The Hall–Kier alpha value is -2.14. The Morgan fingerprint density at radius 1 is 1.25 bits per heavy atom. The third-order valence-corrected chi connectivity index (χ3v) is 7.12. The van der Waals surface area contributed by atoms with Gasteiger partial charge in [-0.25, -0.2) is 22.5 Å². The van der Waals surface area contributed by atoms with Crippen molar-refractivity contribution in [1.82, 2.24) is 9.29 Å². The first-order valence-corrected chi connectivity index (χ1v) is 11.5. The number of nitrogens with zero attached hydrogens (tertiary/aromatic N) is 2. The first kappa shape index (κ1) is 20.6. The molecule has 2 heterocycles. The first-order chi connectivity index (χ1) is 13.4. The minimum absolute atomic E-state index is 0.160. The van der Waals surface area contributed by atoms with Crippen molar-refractivity contribution in [1.29, 1.82) is 0 Å². The Morgan fingerprint density at radius 2 is 2.04 bits per heavy atom. The molecule has 0 aliphatic heterocycles. The highest BCUT2D eigenvalue weighted by molar-refractivity contribution is 7.98. The zero-order valence-electron chi connectivity index (χ0n) is 15.2. The molecule has 28 heavy (non-hydrogen) atoms. The fraction of sp³-hybridized carbons (Fsp3) is 0.222. The van der Waals surface area contributed by atoms with Crippen LogP contribution in [0.1, 0.15) is 21.8 Å². The lowest BCUT2D eigenvalue weighted by molar-refractivity contribution is 0.0436. The molecule has 0 fully saturated rings. The average molecular weight is 439 g/mol. The second-order valence-electron chi connectivity index (χ2n) is 5.85. The van der Waals surface area contributed by atoms with E-state index in [0.717, 1.165) is 14.9 Å². The topological polar surface area (TPSA) is 89.7 Å². The summed E-state index contributed by atoms with van der Waals surface area (Å²) < 4.78 is 35.7. The van der Waals surface area contributed by atoms with Gasteiger partial charge in [-0.15, -0.1) is 23.1 Å². The predicted molar refractivity (Wildman–Crippen MR) is 107 cm³/mol. The van der Waals surface area contributed by atoms with Crippen LogP contribution in [0.2, 0.25) is 0 Å². The fourth-order valence-corrected chi connectivity index (χ4v) is 4.61. The summed E-state index contributed by atoms with van der Waals surface area (Å²) in [6.07, 6.45) is 0. The normalized spacial score (nSPS) is 11.7. The number of aromatic nitrogens is 1. The van der Waals surface area contributed by atoms with Crippen molar-refractivity contribution in [2.24, 2.45) is 0 Å². The lowest BCUT2D eigenvalue weighted by Crippen LogP contribution is -2.21. The quantitative estimate of drug-likeness (QED) is 0.392. The monoisotopic (exact) mass is 438 g/mol. The van der Waals surface area contributed by atoms with Gasteiger partial charge in [-0.1, -0.05) is 12.1 Å². The van der Waals surface area contributed by atoms with E-state index in [1.54, 1.807) is 17.6 Å². The maximum Gasteiger partial charge on any atom is 0.339 e. The van der Waals surface area contributed by atoms with Gasteiger partial charge in [-0.3, -0.25) is 0 Å². The molecule has 0 aliphatic carbocycles. The van der Waals surface area contributed by atoms with Crippen molar-refractivity contribution in [3.63, 3.8) is 0 Å². The summed E-state index contributed by atoms with van der Waals surface area (Å²) in [5, 5.41) is 1.77. The summed E-state index contributed by atoms with van der Waals surface area (Å²) in [6.45, 7) is -0.160. The maximum absolute atomic E-state index is 12.5. The van der Waals surface area contributed by atoms with Gasteiger partial charge in [0.15, 0.2) is 0 Å². The summed E-state index contributed by atoms with van der Waals surface area (Å²) in [5.41, 5.74) is 3.16. The molecule has 3 rings (SSSR count). The molecule has 3 aromatic rings. The molecule has 0 bridgehead atoms. The fourth-order valence-electron chi connectivity index (χ4n) is 2.19. The first-order valence-electron chi connectivity index (χ1n) is 8.15. The molecule has 0 radical (unpaired) electrons. The standard InChI is InChI=1S/C18H18N2O5S3/c1-20(2)28(22,23)17-8-7-14(25-17)9-24-18(21)15-5-3-4-6-16(15)27-11-13-10-26-12-19-13/h3-8,10,12H,9,11H2,1-2H3. The van der Waals surface area contributed by atoms with Gasteiger partial charge in [0.2, 0.25) is 5.09 Å². The largest absolute Gasteiger partial charge is 0.454 e. The zero-order chi connectivity index (χ0) is 20.1. The molecular formula is C18H18N2O5S3. The number of esters is 1. The Morgan fingerprint density at radius 3 is 2.75 bits per heavy atom. The van der Waals surface area contributed by atoms with E-state index in [0.29, 0.717) is 11.3 Å². The van der Waals surface area contributed by atoms with Crippen LogP contribution in [-0.4, -0.2) is 37.8 Å². The second-order valence-corrected chi connectivity index (χ2v) is 9.67. The number of carbonyl (C=O) groups excluding carboxylic acids is 1. The van der Waals surface area contributed by atoms with Crippen LogP contribution in [0.25, 0.3) is 0 Å². The zero-order valence-corrected chi connectivity index (χ0v) is 17.6. The Balaban J connectivity index is 1.65. The second kappa shape index (κ2) is 8.91. The summed E-state index contributed by atoms with van der Waals surface area (Å²) >= 11 is 3.02. The Bertz CT molecular complexity index is 1040. The van der Waals surface area contributed by atoms with Crippen LogP contribution in [0, 0.1) is 0 Å². The van der Waals surface area contributed by atoms with Crippen molar-refractivity contribution in [2.75, 3.05) is 14.1 Å². The lowest BCUT2D eigenvalue weighted by atomic mass is 10.2. The van der Waals surface area contributed by atoms with Gasteiger partial charge in [0.1, 0.15) is 12.4 Å². The van der Waals surface area contributed by atoms with Crippen molar-refractivity contribution < 1.29 is 22.4 Å². The van der Waals surface area contributed by atoms with E-state index in [4.69, 9.17) is 9.15 Å². The number of hydrogen-bond donors (Lipinski definition) is 0. The molecule has 0 amide bonds. The van der Waals surface area contributed by atoms with E-state index in [1.165, 1.54) is 49.3 Å². The number of hydrogen-bond acceptors (Lipinski definition) is 8. The number of benzene rings is 1. The minimum Gasteiger partial charge on any atom is -0.454 e. The van der Waals surface area contributed by atoms with Crippen LogP contribution in [0.4, 0.5) is 0 Å². The van der Waals surface area contributed by atoms with Crippen molar-refractivity contribution >= 4 is 39.1 Å². The minimum atomic E-state index is -3.66. The number of ether oxygens (including phenoxy) is 1. The molecule has 0 saturated carbocycles. The van der Waals surface area contributed by atoms with Crippen molar-refractivity contribution in [3.05, 3.63) is 64.3 Å². The molecule has 10 heteroatoms. The highest BCUT2D eigenvalue weighted by atomic mass is 32.2. The van der Waals surface area contributed by atoms with E-state index in [2.05, 4.69) is 4.98 Å². The lowest BCUT2D eigenvalue weighted by Gasteiger charge is -2.09. The molecule has 0 spiro atoms. The van der Waals surface area contributed by atoms with Crippen LogP contribution in [0.15, 0.2) is 61.7 Å². The highest BCUT2D eigenvalue weighted by Gasteiger charge is 2.22. The van der Waals surface area contributed by atoms with E-state index in [9.17, 15) is 13.2 Å². The molecular weight excluding hydrogens is 420 g/mol. The van der Waals surface area contributed by atoms with Crippen LogP contribution < -0.4 is 0 Å². The van der Waals surface area contributed by atoms with Gasteiger partial charge < -0.3 is 9.15 Å². The van der Waals surface area contributed by atoms with Crippen LogP contribution in [0.5, 0.6) is 0 Å². The maximum atomic E-state index is 12.5. The molecule has 7 nitrogen and oxygen atoms in total. The summed E-state index contributed by atoms with van der Waals surface area (Å²) in [6, 6.07) is 9.98. The van der Waals surface area contributed by atoms with Crippen molar-refractivity contribution in [3.8, 4) is 0 Å². The van der Waals surface area contributed by atoms with E-state index in [1.807, 2.05) is 17.5 Å². The molecule has 148 valence electrons. The number of sulfonamides is 1. The molecule has 0 unspecified atom stereocenters. The molecule has 1 aromatic carbocycles. The van der Waals surface area contributed by atoms with Crippen LogP contribution in [-0.2, 0) is 27.1 Å². The summed E-state index contributed by atoms with van der Waals surface area (Å²) in [4.78, 5) is 17.5. The average Bonchev–Trinajstić information content (AvgIpc) is 3.36. The van der Waals surface area contributed by atoms with E-state index in [-0.39, 0.29) is 17.5 Å². The van der Waals surface area contributed by atoms with Crippen molar-refractivity contribution in [2.45, 2.75) is 22.3 Å². The number of carbonyl (C=O) groups is 1. The predicted octanol–water partition coefficient (Wildman–Crippen LogP) is 3.64. The van der Waals surface area contributed by atoms with Gasteiger partial charge in [-0.05, 0) is 24.3 Å². The summed E-state index contributed by atoms with van der Waals surface area (Å²) in [7, 11) is -0.836. The molecule has 0 atom stereocenters. The number of thiazole rings is 1. The van der Waals surface area contributed by atoms with Gasteiger partial charge in [0, 0.05) is 30.1 Å². The third kappa shape index (κ3) is 4.82. The molecule has 0 N–H and O–H groups in total. The Kier molecular flexibility index (Phi) is 6.55. The molecule has 0 saturated heterocycles. The number of rotatable bonds is 8. The Labute approximate surface area is 171 Å². The smallest absolute Gasteiger partial charge is 0.339 e. The SMILES string of the molecule is CN(C)S(=O)(=O)c1ccc(COC(=O)c2ccccc2SCc2cscn2)o1. The van der Waals surface area contributed by atoms with Crippen LogP contribution >= 0.6 is 23.1 Å². The molecule has 0 aliphatic rings. The summed E-state index contributed by atoms with van der Waals surface area (Å²) in [5.74, 6) is 0.397. The number of furan rings is 1. The van der Waals surface area contributed by atoms with Crippen LogP contribution in [0.3, 0.4) is 0 Å². The molecule has 2 aromatic heterocycles. The number of thioether (sulfide) groups is 1. The van der Waals surface area contributed by atoms with Gasteiger partial charge >= 0.3 is 5.97 Å². The van der Waals surface area contributed by atoms with Gasteiger partial charge in [-0.2, -0.15) is 0 Å². The van der Waals surface area contributed by atoms with Gasteiger partial charge in [0.05, 0.1) is 16.8 Å². The third-order valence-electron chi connectivity index (χ3n) is 3.68. The van der Waals surface area contributed by atoms with Gasteiger partial charge in [0.25, 0.3) is 10.0 Å². The van der Waals surface area contributed by atoms with E-state index >= 15 is 0 Å². The van der Waals surface area contributed by atoms with E-state index < -0.39 is 16.0 Å².